The van der Waals surface area contributed by atoms with E-state index in [1.807, 2.05) is 46.7 Å². The third kappa shape index (κ3) is 5.49. The Bertz CT molecular complexity index is 1020. The first-order valence-corrected chi connectivity index (χ1v) is 11.7. The fourth-order valence-corrected chi connectivity index (χ4v) is 4.21. The molecule has 0 bridgehead atoms. The first kappa shape index (κ1) is 22.5. The zero-order valence-electron chi connectivity index (χ0n) is 17.8. The van der Waals surface area contributed by atoms with Crippen LogP contribution in [0.3, 0.4) is 0 Å². The Kier molecular flexibility index (Phi) is 7.67. The molecule has 0 fully saturated rings. The molecule has 3 aromatic rings. The third-order valence-electron chi connectivity index (χ3n) is 5.29. The molecular weight excluding hydrogens is 460 g/mol. The number of thiazole rings is 1. The third-order valence-corrected chi connectivity index (χ3v) is 6.66. The number of nitrogens with zero attached hydrogens (tertiary/aromatic N) is 2. The highest BCUT2D eigenvalue weighted by Gasteiger charge is 2.22. The first-order valence-electron chi connectivity index (χ1n) is 10.1. The van der Waals surface area contributed by atoms with E-state index >= 15 is 0 Å². The fraction of sp³-hybridized carbons (Fsp3) is 0.333. The van der Waals surface area contributed by atoms with Crippen molar-refractivity contribution in [2.24, 2.45) is 0 Å². The second kappa shape index (κ2) is 10.2. The predicted molar refractivity (Wildman–Crippen MR) is 126 cm³/mol. The largest absolute Gasteiger partial charge is 0.486 e. The highest BCUT2D eigenvalue weighted by atomic mass is 79.9. The molecule has 0 N–H and O–H groups in total. The zero-order valence-corrected chi connectivity index (χ0v) is 20.2. The lowest BCUT2D eigenvalue weighted by molar-refractivity contribution is 0.0669. The van der Waals surface area contributed by atoms with Gasteiger partial charge in [-0.2, -0.15) is 0 Å². The van der Waals surface area contributed by atoms with Gasteiger partial charge in [0.25, 0.3) is 5.91 Å². The molecule has 1 heterocycles. The summed E-state index contributed by atoms with van der Waals surface area (Å²) in [4.78, 5) is 19.8. The number of benzene rings is 2. The number of hydrogen-bond donors (Lipinski definition) is 0. The van der Waals surface area contributed by atoms with Gasteiger partial charge in [-0.3, -0.25) is 4.79 Å². The van der Waals surface area contributed by atoms with Crippen molar-refractivity contribution in [3.05, 3.63) is 79.7 Å². The molecule has 0 aliphatic heterocycles. The number of amides is 1. The van der Waals surface area contributed by atoms with Crippen LogP contribution >= 0.6 is 27.3 Å². The summed E-state index contributed by atoms with van der Waals surface area (Å²) in [6.45, 7) is 9.23. The number of carbonyl (C=O) groups is 1. The van der Waals surface area contributed by atoms with Crippen LogP contribution < -0.4 is 4.74 Å². The molecule has 0 saturated carbocycles. The van der Waals surface area contributed by atoms with Gasteiger partial charge in [0.05, 0.1) is 12.2 Å². The lowest BCUT2D eigenvalue weighted by Gasteiger charge is -2.28. The summed E-state index contributed by atoms with van der Waals surface area (Å²) in [7, 11) is 0. The smallest absolute Gasteiger partial charge is 0.254 e. The minimum atomic E-state index is 0.0202. The maximum absolute atomic E-state index is 13.1. The molecule has 2 aromatic carbocycles. The predicted octanol–water partition coefficient (Wildman–Crippen LogP) is 6.54. The molecule has 0 aliphatic rings. The van der Waals surface area contributed by atoms with Gasteiger partial charge in [0.2, 0.25) is 0 Å². The van der Waals surface area contributed by atoms with E-state index in [9.17, 15) is 4.79 Å². The Morgan fingerprint density at radius 1 is 1.23 bits per heavy atom. The molecule has 6 heteroatoms. The molecule has 4 nitrogen and oxygen atoms in total. The van der Waals surface area contributed by atoms with Crippen LogP contribution in [0.5, 0.6) is 5.75 Å². The molecule has 1 aromatic heterocycles. The number of aromatic nitrogens is 1. The van der Waals surface area contributed by atoms with Gasteiger partial charge in [0, 0.05) is 21.5 Å². The van der Waals surface area contributed by atoms with Gasteiger partial charge in [-0.05, 0) is 62.6 Å². The monoisotopic (exact) mass is 486 g/mol. The Morgan fingerprint density at radius 2 is 2.00 bits per heavy atom. The van der Waals surface area contributed by atoms with E-state index in [1.54, 1.807) is 11.3 Å². The Balaban J connectivity index is 1.71. The van der Waals surface area contributed by atoms with Gasteiger partial charge in [-0.15, -0.1) is 11.3 Å². The van der Waals surface area contributed by atoms with Crippen molar-refractivity contribution >= 4 is 33.2 Å². The van der Waals surface area contributed by atoms with E-state index in [2.05, 4.69) is 49.7 Å². The quantitative estimate of drug-likeness (QED) is 0.362. The number of carbonyl (C=O) groups excluding carboxylic acids is 1. The summed E-state index contributed by atoms with van der Waals surface area (Å²) in [6.07, 6.45) is 0.881. The van der Waals surface area contributed by atoms with Crippen molar-refractivity contribution in [1.82, 2.24) is 9.88 Å². The summed E-state index contributed by atoms with van der Waals surface area (Å²) in [5.41, 5.74) is 3.93. The molecule has 1 amide bonds. The van der Waals surface area contributed by atoms with Gasteiger partial charge in [0.15, 0.2) is 0 Å². The summed E-state index contributed by atoms with van der Waals surface area (Å²) < 4.78 is 6.88. The average molecular weight is 487 g/mol. The van der Waals surface area contributed by atoms with Gasteiger partial charge < -0.3 is 9.64 Å². The summed E-state index contributed by atoms with van der Waals surface area (Å²) in [5.74, 6) is 0.907. The van der Waals surface area contributed by atoms with E-state index in [0.29, 0.717) is 18.7 Å². The van der Waals surface area contributed by atoms with Crippen molar-refractivity contribution in [1.29, 1.82) is 0 Å². The molecule has 0 saturated heterocycles. The van der Waals surface area contributed by atoms with Gasteiger partial charge in [-0.1, -0.05) is 41.1 Å². The van der Waals surface area contributed by atoms with Crippen LogP contribution in [0.15, 0.2) is 52.3 Å². The summed E-state index contributed by atoms with van der Waals surface area (Å²) in [6, 6.07) is 13.7. The lowest BCUT2D eigenvalue weighted by atomic mass is 10.1. The van der Waals surface area contributed by atoms with Crippen LogP contribution in [-0.4, -0.2) is 21.8 Å². The lowest BCUT2D eigenvalue weighted by Crippen LogP contribution is -2.37. The van der Waals surface area contributed by atoms with Crippen molar-refractivity contribution < 1.29 is 9.53 Å². The Hall–Kier alpha value is -2.18. The number of halogens is 1. The van der Waals surface area contributed by atoms with E-state index < -0.39 is 0 Å². The molecule has 1 atom stereocenters. The van der Waals surface area contributed by atoms with Crippen molar-refractivity contribution in [2.45, 2.75) is 53.3 Å². The summed E-state index contributed by atoms with van der Waals surface area (Å²) >= 11 is 5.02. The molecule has 0 aliphatic carbocycles. The number of hydrogen-bond acceptors (Lipinski definition) is 4. The Morgan fingerprint density at radius 3 is 2.73 bits per heavy atom. The normalized spacial score (nSPS) is 11.9. The zero-order chi connectivity index (χ0) is 21.7. The van der Waals surface area contributed by atoms with E-state index in [-0.39, 0.29) is 11.9 Å². The highest BCUT2D eigenvalue weighted by molar-refractivity contribution is 9.10. The molecule has 30 heavy (non-hydrogen) atoms. The van der Waals surface area contributed by atoms with Gasteiger partial charge in [0.1, 0.15) is 17.4 Å². The SMILES string of the molecule is CC[C@H](C)N(Cc1csc(COc2cccc(C)c2C)n1)C(=O)c1cccc(Br)c1. The van der Waals surface area contributed by atoms with E-state index in [0.717, 1.165) is 32.9 Å². The average Bonchev–Trinajstić information content (AvgIpc) is 3.19. The fourth-order valence-electron chi connectivity index (χ4n) is 3.12. The molecule has 0 unspecified atom stereocenters. The molecular formula is C24H27BrN2O2S. The second-order valence-corrected chi connectivity index (χ2v) is 9.28. The second-order valence-electron chi connectivity index (χ2n) is 7.42. The van der Waals surface area contributed by atoms with Gasteiger partial charge >= 0.3 is 0 Å². The Labute approximate surface area is 191 Å². The van der Waals surface area contributed by atoms with E-state index in [4.69, 9.17) is 9.72 Å². The van der Waals surface area contributed by atoms with Crippen LogP contribution in [0.1, 0.15) is 52.5 Å². The molecule has 3 rings (SSSR count). The van der Waals surface area contributed by atoms with Crippen LogP contribution in [-0.2, 0) is 13.2 Å². The van der Waals surface area contributed by atoms with Crippen LogP contribution in [0, 0.1) is 13.8 Å². The van der Waals surface area contributed by atoms with Crippen LogP contribution in [0.25, 0.3) is 0 Å². The number of aryl methyl sites for hydroxylation is 1. The molecule has 158 valence electrons. The van der Waals surface area contributed by atoms with Crippen molar-refractivity contribution in [2.75, 3.05) is 0 Å². The van der Waals surface area contributed by atoms with Crippen molar-refractivity contribution in [3.63, 3.8) is 0 Å². The van der Waals surface area contributed by atoms with Gasteiger partial charge in [-0.25, -0.2) is 4.98 Å². The first-order chi connectivity index (χ1) is 14.4. The molecule has 0 radical (unpaired) electrons. The minimum Gasteiger partial charge on any atom is -0.486 e. The minimum absolute atomic E-state index is 0.0202. The highest BCUT2D eigenvalue weighted by Crippen LogP contribution is 2.23. The van der Waals surface area contributed by atoms with Crippen molar-refractivity contribution in [3.8, 4) is 5.75 Å². The maximum atomic E-state index is 13.1. The maximum Gasteiger partial charge on any atom is 0.254 e. The standard InChI is InChI=1S/C24H27BrN2O2S/c1-5-17(3)27(24(28)19-9-7-10-20(25)12-19)13-21-15-30-23(26-21)14-29-22-11-6-8-16(2)18(22)4/h6-12,15,17H,5,13-14H2,1-4H3/t17-/m0/s1. The summed E-state index contributed by atoms with van der Waals surface area (Å²) in [5, 5.41) is 2.93. The molecule has 0 spiro atoms. The number of rotatable bonds is 8. The van der Waals surface area contributed by atoms with Crippen LogP contribution in [0.2, 0.25) is 0 Å². The number of ether oxygens (including phenoxy) is 1. The van der Waals surface area contributed by atoms with Crippen LogP contribution in [0.4, 0.5) is 0 Å². The van der Waals surface area contributed by atoms with E-state index in [1.165, 1.54) is 5.56 Å². The topological polar surface area (TPSA) is 42.4 Å².